The van der Waals surface area contributed by atoms with Gasteiger partial charge in [0.15, 0.2) is 0 Å². The average molecular weight is 226 g/mol. The van der Waals surface area contributed by atoms with Gasteiger partial charge >= 0.3 is 0 Å². The second-order valence-electron chi connectivity index (χ2n) is 7.27. The lowest BCUT2D eigenvalue weighted by molar-refractivity contribution is -0.469. The molecule has 0 aromatic carbocycles. The van der Waals surface area contributed by atoms with Crippen molar-refractivity contribution >= 4 is 0 Å². The van der Waals surface area contributed by atoms with Gasteiger partial charge in [0.25, 0.3) is 0 Å². The second kappa shape index (κ2) is 3.46. The molecule has 0 spiro atoms. The van der Waals surface area contributed by atoms with Gasteiger partial charge < -0.3 is 0 Å². The quantitative estimate of drug-likeness (QED) is 0.524. The van der Waals surface area contributed by atoms with Crippen LogP contribution in [0.4, 0.5) is 0 Å². The van der Waals surface area contributed by atoms with Crippen molar-refractivity contribution in [2.75, 3.05) is 0 Å². The van der Waals surface area contributed by atoms with E-state index in [0.29, 0.717) is 5.92 Å². The topological polar surface area (TPSA) is 18.5 Å². The Balaban J connectivity index is 2.10. The normalized spacial score (nSPS) is 41.6. The Kier molecular flexibility index (Phi) is 2.67. The number of hydrogen-bond donors (Lipinski definition) is 0. The summed E-state index contributed by atoms with van der Waals surface area (Å²) in [6, 6.07) is 0. The van der Waals surface area contributed by atoms with Crippen LogP contribution in [0.2, 0.25) is 0 Å². The van der Waals surface area contributed by atoms with Gasteiger partial charge in [-0.3, -0.25) is 0 Å². The molecule has 0 radical (unpaired) electrons. The maximum Gasteiger partial charge on any atom is 0.112 e. The van der Waals surface area contributed by atoms with Gasteiger partial charge in [-0.25, -0.2) is 9.78 Å². The first kappa shape index (κ1) is 12.4. The van der Waals surface area contributed by atoms with E-state index in [9.17, 15) is 0 Å². The molecule has 94 valence electrons. The van der Waals surface area contributed by atoms with E-state index in [1.54, 1.807) is 0 Å². The van der Waals surface area contributed by atoms with Gasteiger partial charge in [-0.2, -0.15) is 0 Å². The molecule has 3 aliphatic rings. The smallest absolute Gasteiger partial charge is 0.112 e. The Hall–Kier alpha value is -0.0800. The summed E-state index contributed by atoms with van der Waals surface area (Å²) in [6.45, 7) is 13.1. The van der Waals surface area contributed by atoms with E-state index in [2.05, 4.69) is 20.8 Å². The summed E-state index contributed by atoms with van der Waals surface area (Å²) >= 11 is 0. The summed E-state index contributed by atoms with van der Waals surface area (Å²) < 4.78 is 0. The minimum absolute atomic E-state index is 0.0385. The molecule has 3 rings (SSSR count). The first-order valence-electron chi connectivity index (χ1n) is 6.56. The Labute approximate surface area is 99.6 Å². The lowest BCUT2D eigenvalue weighted by Crippen LogP contribution is -2.68. The van der Waals surface area contributed by atoms with Crippen molar-refractivity contribution in [3.8, 4) is 0 Å². The molecule has 16 heavy (non-hydrogen) atoms. The Bertz CT molecular complexity index is 277. The number of rotatable bonds is 2. The third-order valence-electron chi connectivity index (χ3n) is 4.85. The van der Waals surface area contributed by atoms with Gasteiger partial charge in [0.05, 0.1) is 5.60 Å². The van der Waals surface area contributed by atoms with Gasteiger partial charge in [0.1, 0.15) is 5.60 Å². The Morgan fingerprint density at radius 3 is 2.19 bits per heavy atom. The Morgan fingerprint density at radius 2 is 1.75 bits per heavy atom. The van der Waals surface area contributed by atoms with Crippen LogP contribution in [0.25, 0.3) is 0 Å². The van der Waals surface area contributed by atoms with Gasteiger partial charge in [-0.15, -0.1) is 0 Å². The van der Waals surface area contributed by atoms with Gasteiger partial charge in [0, 0.05) is 5.41 Å². The SMILES string of the molecule is CC1CCC2CC1(OOC(C)(C)C)C2(C)C. The van der Waals surface area contributed by atoms with Crippen molar-refractivity contribution in [2.24, 2.45) is 17.3 Å². The molecule has 2 bridgehead atoms. The summed E-state index contributed by atoms with van der Waals surface area (Å²) in [5.74, 6) is 1.43. The molecule has 3 atom stereocenters. The molecule has 2 nitrogen and oxygen atoms in total. The van der Waals surface area contributed by atoms with Crippen LogP contribution >= 0.6 is 0 Å². The second-order valence-corrected chi connectivity index (χ2v) is 7.27. The zero-order valence-corrected chi connectivity index (χ0v) is 11.6. The molecule has 0 N–H and O–H groups in total. The van der Waals surface area contributed by atoms with Crippen LogP contribution in [-0.2, 0) is 9.78 Å². The highest BCUT2D eigenvalue weighted by Crippen LogP contribution is 2.66. The molecule has 0 aromatic heterocycles. The summed E-state index contributed by atoms with van der Waals surface area (Å²) in [7, 11) is 0. The zero-order valence-electron chi connectivity index (χ0n) is 11.6. The lowest BCUT2D eigenvalue weighted by atomic mass is 9.43. The monoisotopic (exact) mass is 226 g/mol. The number of fused-ring (bicyclic) bond motifs is 2. The zero-order chi connectivity index (χ0) is 12.2. The van der Waals surface area contributed by atoms with Crippen LogP contribution in [-0.4, -0.2) is 11.2 Å². The summed E-state index contributed by atoms with van der Waals surface area (Å²) in [5.41, 5.74) is 0.0200. The van der Waals surface area contributed by atoms with E-state index < -0.39 is 0 Å². The van der Waals surface area contributed by atoms with Crippen molar-refractivity contribution < 1.29 is 9.78 Å². The molecule has 0 saturated heterocycles. The van der Waals surface area contributed by atoms with Crippen LogP contribution in [0.1, 0.15) is 60.8 Å². The minimum Gasteiger partial charge on any atom is -0.230 e. The fraction of sp³-hybridized carbons (Fsp3) is 1.00. The third kappa shape index (κ3) is 1.62. The van der Waals surface area contributed by atoms with Crippen LogP contribution in [0.15, 0.2) is 0 Å². The average Bonchev–Trinajstić information content (AvgIpc) is 2.14. The van der Waals surface area contributed by atoms with Crippen molar-refractivity contribution in [3.05, 3.63) is 0 Å². The molecule has 2 heteroatoms. The van der Waals surface area contributed by atoms with Crippen molar-refractivity contribution in [1.29, 1.82) is 0 Å². The molecule has 0 aromatic rings. The lowest BCUT2D eigenvalue weighted by Gasteiger charge is -2.66. The molecule has 3 aliphatic carbocycles. The van der Waals surface area contributed by atoms with Crippen LogP contribution in [0.5, 0.6) is 0 Å². The van der Waals surface area contributed by atoms with E-state index in [4.69, 9.17) is 9.78 Å². The maximum atomic E-state index is 5.93. The molecular weight excluding hydrogens is 200 g/mol. The highest BCUT2D eigenvalue weighted by Gasteiger charge is 2.67. The van der Waals surface area contributed by atoms with Crippen LogP contribution in [0, 0.1) is 17.3 Å². The maximum absolute atomic E-state index is 5.93. The van der Waals surface area contributed by atoms with Crippen molar-refractivity contribution in [3.63, 3.8) is 0 Å². The van der Waals surface area contributed by atoms with E-state index in [-0.39, 0.29) is 16.6 Å². The molecule has 3 saturated carbocycles. The largest absolute Gasteiger partial charge is 0.230 e. The Morgan fingerprint density at radius 1 is 1.12 bits per heavy atom. The number of hydrogen-bond acceptors (Lipinski definition) is 2. The first-order chi connectivity index (χ1) is 7.19. The van der Waals surface area contributed by atoms with Crippen LogP contribution < -0.4 is 0 Å². The molecule has 3 unspecified atom stereocenters. The summed E-state index contributed by atoms with van der Waals surface area (Å²) in [5, 5.41) is 0. The predicted octanol–water partition coefficient (Wildman–Crippen LogP) is 3.95. The van der Waals surface area contributed by atoms with E-state index >= 15 is 0 Å². The van der Waals surface area contributed by atoms with Crippen molar-refractivity contribution in [1.82, 2.24) is 0 Å². The predicted molar refractivity (Wildman–Crippen MR) is 64.9 cm³/mol. The summed E-state index contributed by atoms with van der Waals surface area (Å²) in [6.07, 6.45) is 3.81. The fourth-order valence-corrected chi connectivity index (χ4v) is 3.51. The van der Waals surface area contributed by atoms with Crippen molar-refractivity contribution in [2.45, 2.75) is 72.0 Å². The van der Waals surface area contributed by atoms with E-state index in [0.717, 1.165) is 5.92 Å². The van der Waals surface area contributed by atoms with Gasteiger partial charge in [-0.1, -0.05) is 20.8 Å². The highest BCUT2D eigenvalue weighted by atomic mass is 17.2. The minimum atomic E-state index is -0.215. The molecule has 3 fully saturated rings. The van der Waals surface area contributed by atoms with E-state index in [1.807, 2.05) is 20.8 Å². The first-order valence-corrected chi connectivity index (χ1v) is 6.56. The fourth-order valence-electron chi connectivity index (χ4n) is 3.51. The standard InChI is InChI=1S/C14H26O2/c1-10-7-8-11-9-14(10,13(11,5)6)16-15-12(2,3)4/h10-11H,7-9H2,1-6H3. The molecular formula is C14H26O2. The molecule has 0 amide bonds. The van der Waals surface area contributed by atoms with Gasteiger partial charge in [0.2, 0.25) is 0 Å². The van der Waals surface area contributed by atoms with Gasteiger partial charge in [-0.05, 0) is 51.9 Å². The molecule has 0 aliphatic heterocycles. The van der Waals surface area contributed by atoms with Crippen LogP contribution in [0.3, 0.4) is 0 Å². The third-order valence-corrected chi connectivity index (χ3v) is 4.85. The van der Waals surface area contributed by atoms with E-state index in [1.165, 1.54) is 19.3 Å². The highest BCUT2D eigenvalue weighted by molar-refractivity contribution is 5.14. The molecule has 0 heterocycles. The summed E-state index contributed by atoms with van der Waals surface area (Å²) in [4.78, 5) is 11.5.